The zero-order chi connectivity index (χ0) is 12.7. The molecule has 1 aromatic rings. The van der Waals surface area contributed by atoms with E-state index >= 15 is 0 Å². The van der Waals surface area contributed by atoms with Gasteiger partial charge in [0.1, 0.15) is 11.9 Å². The number of rotatable bonds is 1. The van der Waals surface area contributed by atoms with Crippen LogP contribution >= 0.6 is 0 Å². The molecule has 2 heterocycles. The Morgan fingerprint density at radius 3 is 3.06 bits per heavy atom. The molecule has 1 aromatic carbocycles. The van der Waals surface area contributed by atoms with E-state index in [2.05, 4.69) is 10.2 Å². The van der Waals surface area contributed by atoms with Crippen LogP contribution in [0.25, 0.3) is 0 Å². The van der Waals surface area contributed by atoms with Crippen LogP contribution in [0.15, 0.2) is 18.2 Å². The van der Waals surface area contributed by atoms with Crippen molar-refractivity contribution >= 4 is 17.3 Å². The molecule has 1 amide bonds. The molecule has 96 valence electrons. The highest BCUT2D eigenvalue weighted by atomic mass is 19.1. The SMILES string of the molecule is CCN1C(=O)C2CNCCN2c2ccc(F)cc21. The lowest BCUT2D eigenvalue weighted by atomic mass is 10.0. The largest absolute Gasteiger partial charge is 0.355 e. The monoisotopic (exact) mass is 249 g/mol. The molecule has 1 N–H and O–H groups in total. The van der Waals surface area contributed by atoms with Crippen molar-refractivity contribution in [2.45, 2.75) is 13.0 Å². The lowest BCUT2D eigenvalue weighted by Crippen LogP contribution is -2.61. The lowest BCUT2D eigenvalue weighted by Gasteiger charge is -2.45. The summed E-state index contributed by atoms with van der Waals surface area (Å²) in [4.78, 5) is 16.1. The van der Waals surface area contributed by atoms with Gasteiger partial charge in [0.25, 0.3) is 5.91 Å². The molecule has 5 heteroatoms. The Hall–Kier alpha value is -1.62. The van der Waals surface area contributed by atoms with Crippen LogP contribution in [0.1, 0.15) is 6.92 Å². The fourth-order valence-electron chi connectivity index (χ4n) is 2.79. The molecule has 1 fully saturated rings. The third-order valence-corrected chi connectivity index (χ3v) is 3.65. The fourth-order valence-corrected chi connectivity index (χ4v) is 2.79. The molecule has 18 heavy (non-hydrogen) atoms. The molecule has 2 aliphatic rings. The first-order valence-corrected chi connectivity index (χ1v) is 6.30. The summed E-state index contributed by atoms with van der Waals surface area (Å²) in [5.41, 5.74) is 1.66. The predicted octanol–water partition coefficient (Wildman–Crippen LogP) is 0.970. The maximum Gasteiger partial charge on any atom is 0.251 e. The zero-order valence-corrected chi connectivity index (χ0v) is 10.3. The second-order valence-corrected chi connectivity index (χ2v) is 4.63. The first-order valence-electron chi connectivity index (χ1n) is 6.30. The van der Waals surface area contributed by atoms with Crippen molar-refractivity contribution in [2.75, 3.05) is 36.0 Å². The van der Waals surface area contributed by atoms with Crippen LogP contribution in [-0.2, 0) is 4.79 Å². The van der Waals surface area contributed by atoms with Crippen molar-refractivity contribution in [1.29, 1.82) is 0 Å². The van der Waals surface area contributed by atoms with Crippen molar-refractivity contribution in [3.05, 3.63) is 24.0 Å². The highest BCUT2D eigenvalue weighted by molar-refractivity contribution is 6.05. The number of fused-ring (bicyclic) bond motifs is 3. The van der Waals surface area contributed by atoms with E-state index in [1.54, 1.807) is 11.0 Å². The minimum Gasteiger partial charge on any atom is -0.355 e. The standard InChI is InChI=1S/C13H16FN3O/c1-2-16-11-7-9(14)3-4-10(11)17-6-5-15-8-12(17)13(16)18/h3-4,7,12,15H,2,5-6,8H2,1H3. The molecular formula is C13H16FN3O. The van der Waals surface area contributed by atoms with E-state index in [1.807, 2.05) is 6.92 Å². The summed E-state index contributed by atoms with van der Waals surface area (Å²) in [6, 6.07) is 4.53. The minimum absolute atomic E-state index is 0.0581. The third kappa shape index (κ3) is 1.58. The average molecular weight is 249 g/mol. The summed E-state index contributed by atoms with van der Waals surface area (Å²) < 4.78 is 13.4. The number of hydrogen-bond acceptors (Lipinski definition) is 3. The van der Waals surface area contributed by atoms with E-state index in [4.69, 9.17) is 0 Å². The summed E-state index contributed by atoms with van der Waals surface area (Å²) in [7, 11) is 0. The molecule has 1 saturated heterocycles. The molecule has 2 aliphatic heterocycles. The first-order chi connectivity index (χ1) is 8.72. The molecule has 3 rings (SSSR count). The number of amides is 1. The van der Waals surface area contributed by atoms with Crippen molar-refractivity contribution in [1.82, 2.24) is 5.32 Å². The highest BCUT2D eigenvalue weighted by Gasteiger charge is 2.38. The Labute approximate surface area is 105 Å². The van der Waals surface area contributed by atoms with Crippen LogP contribution in [-0.4, -0.2) is 38.1 Å². The Kier molecular flexibility index (Phi) is 2.70. The molecular weight excluding hydrogens is 233 g/mol. The van der Waals surface area contributed by atoms with Gasteiger partial charge in [-0.2, -0.15) is 0 Å². The van der Waals surface area contributed by atoms with E-state index in [1.165, 1.54) is 12.1 Å². The van der Waals surface area contributed by atoms with Gasteiger partial charge in [0, 0.05) is 26.2 Å². The topological polar surface area (TPSA) is 35.6 Å². The Bertz CT molecular complexity index is 491. The molecule has 4 nitrogen and oxygen atoms in total. The van der Waals surface area contributed by atoms with Gasteiger partial charge < -0.3 is 15.1 Å². The third-order valence-electron chi connectivity index (χ3n) is 3.65. The molecule has 1 atom stereocenters. The van der Waals surface area contributed by atoms with Crippen LogP contribution in [0.3, 0.4) is 0 Å². The number of likely N-dealkylation sites (N-methyl/N-ethyl adjacent to an activating group) is 1. The second kappa shape index (κ2) is 4.24. The maximum atomic E-state index is 13.4. The van der Waals surface area contributed by atoms with E-state index in [0.717, 1.165) is 18.8 Å². The van der Waals surface area contributed by atoms with Crippen LogP contribution in [0.2, 0.25) is 0 Å². The van der Waals surface area contributed by atoms with Gasteiger partial charge in [0.15, 0.2) is 0 Å². The smallest absolute Gasteiger partial charge is 0.251 e. The van der Waals surface area contributed by atoms with Crippen molar-refractivity contribution < 1.29 is 9.18 Å². The molecule has 0 spiro atoms. The molecule has 1 unspecified atom stereocenters. The maximum absolute atomic E-state index is 13.4. The number of anilines is 2. The molecule has 0 saturated carbocycles. The van der Waals surface area contributed by atoms with Crippen LogP contribution < -0.4 is 15.1 Å². The molecule has 0 aliphatic carbocycles. The molecule has 0 aromatic heterocycles. The van der Waals surface area contributed by atoms with Gasteiger partial charge in [-0.15, -0.1) is 0 Å². The van der Waals surface area contributed by atoms with Gasteiger partial charge in [0.05, 0.1) is 11.4 Å². The Morgan fingerprint density at radius 1 is 1.44 bits per heavy atom. The molecule has 0 radical (unpaired) electrons. The van der Waals surface area contributed by atoms with E-state index in [-0.39, 0.29) is 17.8 Å². The number of nitrogens with zero attached hydrogens (tertiary/aromatic N) is 2. The first kappa shape index (κ1) is 11.5. The van der Waals surface area contributed by atoms with Gasteiger partial charge in [-0.05, 0) is 25.1 Å². The number of nitrogens with one attached hydrogen (secondary N) is 1. The highest BCUT2D eigenvalue weighted by Crippen LogP contribution is 2.36. The summed E-state index contributed by atoms with van der Waals surface area (Å²) in [6.07, 6.45) is 0. The van der Waals surface area contributed by atoms with Crippen molar-refractivity contribution in [2.24, 2.45) is 0 Å². The predicted molar refractivity (Wildman–Crippen MR) is 68.4 cm³/mol. The van der Waals surface area contributed by atoms with Gasteiger partial charge in [-0.3, -0.25) is 4.79 Å². The summed E-state index contributed by atoms with van der Waals surface area (Å²) >= 11 is 0. The molecule has 0 bridgehead atoms. The van der Waals surface area contributed by atoms with Gasteiger partial charge in [0.2, 0.25) is 0 Å². The Morgan fingerprint density at radius 2 is 2.28 bits per heavy atom. The number of hydrogen-bond donors (Lipinski definition) is 1. The summed E-state index contributed by atoms with van der Waals surface area (Å²) in [5, 5.41) is 3.24. The number of halogens is 1. The Balaban J connectivity index is 2.12. The van der Waals surface area contributed by atoms with Gasteiger partial charge >= 0.3 is 0 Å². The van der Waals surface area contributed by atoms with Crippen molar-refractivity contribution in [3.8, 4) is 0 Å². The van der Waals surface area contributed by atoms with E-state index in [0.29, 0.717) is 18.8 Å². The number of benzene rings is 1. The number of carbonyl (C=O) groups is 1. The fraction of sp³-hybridized carbons (Fsp3) is 0.462. The van der Waals surface area contributed by atoms with Crippen LogP contribution in [0.4, 0.5) is 15.8 Å². The van der Waals surface area contributed by atoms with Gasteiger partial charge in [-0.1, -0.05) is 0 Å². The van der Waals surface area contributed by atoms with E-state index in [9.17, 15) is 9.18 Å². The van der Waals surface area contributed by atoms with Crippen molar-refractivity contribution in [3.63, 3.8) is 0 Å². The quantitative estimate of drug-likeness (QED) is 0.805. The van der Waals surface area contributed by atoms with E-state index < -0.39 is 0 Å². The minimum atomic E-state index is -0.298. The van der Waals surface area contributed by atoms with Crippen LogP contribution in [0.5, 0.6) is 0 Å². The van der Waals surface area contributed by atoms with Crippen LogP contribution in [0, 0.1) is 5.82 Å². The van der Waals surface area contributed by atoms with Gasteiger partial charge in [-0.25, -0.2) is 4.39 Å². The average Bonchev–Trinajstić information content (AvgIpc) is 2.39. The normalized spacial score (nSPS) is 22.8. The summed E-state index contributed by atoms with van der Waals surface area (Å²) in [6.45, 7) is 4.78. The number of carbonyl (C=O) groups excluding carboxylic acids is 1. The zero-order valence-electron chi connectivity index (χ0n) is 10.3. The summed E-state index contributed by atoms with van der Waals surface area (Å²) in [5.74, 6) is -0.239. The lowest BCUT2D eigenvalue weighted by molar-refractivity contribution is -0.120. The number of piperazine rings is 1. The second-order valence-electron chi connectivity index (χ2n) is 4.63.